The number of hydrogen-bond donors (Lipinski definition) is 0. The Morgan fingerprint density at radius 1 is 0.579 bits per heavy atom. The number of rotatable bonds is 7. The van der Waals surface area contributed by atoms with Gasteiger partial charge in [0.2, 0.25) is 0 Å². The summed E-state index contributed by atoms with van der Waals surface area (Å²) >= 11 is 0. The zero-order chi connectivity index (χ0) is 26.5. The molecular weight excluding hydrogens is 468 g/mol. The summed E-state index contributed by atoms with van der Waals surface area (Å²) in [6.07, 6.45) is 0. The quantitative estimate of drug-likeness (QED) is 0.166. The third-order valence-corrected chi connectivity index (χ3v) is 7.00. The molecule has 5 aromatic carbocycles. The summed E-state index contributed by atoms with van der Waals surface area (Å²) < 4.78 is 11.6. The van der Waals surface area contributed by atoms with Gasteiger partial charge in [0, 0.05) is 16.5 Å². The summed E-state index contributed by atoms with van der Waals surface area (Å²) in [5.74, 6) is 0.991. The molecular formula is C35H30O3. The average molecular weight is 499 g/mol. The molecule has 0 radical (unpaired) electrons. The van der Waals surface area contributed by atoms with Gasteiger partial charge in [-0.05, 0) is 58.7 Å². The summed E-state index contributed by atoms with van der Waals surface area (Å²) in [5.41, 5.74) is 6.47. The number of carbonyl (C=O) groups is 1. The van der Waals surface area contributed by atoms with E-state index in [1.54, 1.807) is 19.2 Å². The van der Waals surface area contributed by atoms with Crippen molar-refractivity contribution in [1.29, 1.82) is 0 Å². The van der Waals surface area contributed by atoms with E-state index in [4.69, 9.17) is 9.47 Å². The van der Waals surface area contributed by atoms with Gasteiger partial charge in [-0.15, -0.1) is 0 Å². The predicted octanol–water partition coefficient (Wildman–Crippen LogP) is 8.57. The highest BCUT2D eigenvalue weighted by Crippen LogP contribution is 2.41. The van der Waals surface area contributed by atoms with Gasteiger partial charge in [-0.25, -0.2) is 4.79 Å². The number of benzene rings is 5. The highest BCUT2D eigenvalue weighted by molar-refractivity contribution is 5.92. The summed E-state index contributed by atoms with van der Waals surface area (Å²) in [6, 6.07) is 41.8. The molecule has 0 aromatic heterocycles. The smallest absolute Gasteiger partial charge is 0.343 e. The Bertz CT molecular complexity index is 1540. The maximum atomic E-state index is 12.9. The molecule has 0 amide bonds. The van der Waals surface area contributed by atoms with Gasteiger partial charge in [0.1, 0.15) is 11.5 Å². The Morgan fingerprint density at radius 3 is 1.53 bits per heavy atom. The van der Waals surface area contributed by atoms with Gasteiger partial charge in [0.05, 0.1) is 12.7 Å². The third-order valence-electron chi connectivity index (χ3n) is 7.00. The molecule has 0 heterocycles. The first-order valence-electron chi connectivity index (χ1n) is 12.7. The molecule has 3 nitrogen and oxygen atoms in total. The van der Waals surface area contributed by atoms with Crippen molar-refractivity contribution >= 4 is 5.97 Å². The van der Waals surface area contributed by atoms with Crippen molar-refractivity contribution in [2.75, 3.05) is 7.11 Å². The second-order valence-corrected chi connectivity index (χ2v) is 9.74. The van der Waals surface area contributed by atoms with Crippen molar-refractivity contribution in [1.82, 2.24) is 0 Å². The molecule has 188 valence electrons. The van der Waals surface area contributed by atoms with E-state index in [1.165, 1.54) is 0 Å². The van der Waals surface area contributed by atoms with Crippen LogP contribution in [0.4, 0.5) is 0 Å². The minimum Gasteiger partial charge on any atom is -0.496 e. The molecule has 5 aromatic rings. The van der Waals surface area contributed by atoms with E-state index in [0.29, 0.717) is 11.3 Å². The molecule has 5 rings (SSSR count). The van der Waals surface area contributed by atoms with Crippen LogP contribution < -0.4 is 9.47 Å². The van der Waals surface area contributed by atoms with Crippen molar-refractivity contribution in [2.45, 2.75) is 19.3 Å². The Morgan fingerprint density at radius 2 is 1.03 bits per heavy atom. The number of hydrogen-bond acceptors (Lipinski definition) is 3. The first kappa shape index (κ1) is 25.0. The Kier molecular flexibility index (Phi) is 7.10. The first-order chi connectivity index (χ1) is 18.5. The lowest BCUT2D eigenvalue weighted by Gasteiger charge is -2.28. The lowest BCUT2D eigenvalue weighted by molar-refractivity contribution is 0.0735. The molecule has 0 saturated carbocycles. The van der Waals surface area contributed by atoms with Crippen molar-refractivity contribution in [3.63, 3.8) is 0 Å². The van der Waals surface area contributed by atoms with E-state index in [-0.39, 0.29) is 11.4 Å². The van der Waals surface area contributed by atoms with Crippen molar-refractivity contribution in [3.8, 4) is 33.8 Å². The molecule has 0 N–H and O–H groups in total. The molecule has 3 heteroatoms. The fraction of sp³-hybridized carbons (Fsp3) is 0.114. The van der Waals surface area contributed by atoms with Gasteiger partial charge in [-0.3, -0.25) is 0 Å². The minimum atomic E-state index is -0.377. The molecule has 0 unspecified atom stereocenters. The van der Waals surface area contributed by atoms with Gasteiger partial charge < -0.3 is 9.47 Å². The summed E-state index contributed by atoms with van der Waals surface area (Å²) in [7, 11) is 1.70. The van der Waals surface area contributed by atoms with Crippen LogP contribution in [0, 0.1) is 0 Å². The largest absolute Gasteiger partial charge is 0.496 e. The molecule has 0 fully saturated rings. The first-order valence-corrected chi connectivity index (χ1v) is 12.7. The van der Waals surface area contributed by atoms with E-state index >= 15 is 0 Å². The average Bonchev–Trinajstić information content (AvgIpc) is 2.98. The van der Waals surface area contributed by atoms with E-state index in [0.717, 1.165) is 39.1 Å². The fourth-order valence-corrected chi connectivity index (χ4v) is 4.69. The summed E-state index contributed by atoms with van der Waals surface area (Å²) in [6.45, 7) is 4.42. The zero-order valence-electron chi connectivity index (χ0n) is 21.8. The second kappa shape index (κ2) is 10.8. The Hall–Kier alpha value is -4.63. The van der Waals surface area contributed by atoms with Crippen LogP contribution in [-0.2, 0) is 5.41 Å². The summed E-state index contributed by atoms with van der Waals surface area (Å²) in [4.78, 5) is 12.9. The molecule has 0 bridgehead atoms. The van der Waals surface area contributed by atoms with Crippen LogP contribution in [0.15, 0.2) is 127 Å². The standard InChI is InChI=1S/C35H30O3/c1-35(2,28-19-21-32(37-3)30(23-28)25-13-7-4-8-14-25)29-20-22-33(31(24-29)26-15-9-5-10-16-26)38-34(36)27-17-11-6-12-18-27/h4-24H,1-3H3. The minimum absolute atomic E-state index is 0.332. The lowest BCUT2D eigenvalue weighted by atomic mass is 9.76. The van der Waals surface area contributed by atoms with E-state index in [1.807, 2.05) is 84.9 Å². The maximum absolute atomic E-state index is 12.9. The maximum Gasteiger partial charge on any atom is 0.343 e. The Labute approximate surface area is 224 Å². The van der Waals surface area contributed by atoms with Crippen LogP contribution >= 0.6 is 0 Å². The molecule has 0 saturated heterocycles. The molecule has 0 aliphatic carbocycles. The van der Waals surface area contributed by atoms with Gasteiger partial charge in [-0.1, -0.05) is 105 Å². The van der Waals surface area contributed by atoms with Gasteiger partial charge in [0.15, 0.2) is 0 Å². The third kappa shape index (κ3) is 5.09. The van der Waals surface area contributed by atoms with Gasteiger partial charge >= 0.3 is 5.97 Å². The number of esters is 1. The van der Waals surface area contributed by atoms with Crippen LogP contribution in [0.3, 0.4) is 0 Å². The topological polar surface area (TPSA) is 35.5 Å². The molecule has 0 spiro atoms. The summed E-state index contributed by atoms with van der Waals surface area (Å²) in [5, 5.41) is 0. The highest BCUT2D eigenvalue weighted by atomic mass is 16.5. The van der Waals surface area contributed by atoms with E-state index < -0.39 is 0 Å². The predicted molar refractivity (Wildman–Crippen MR) is 154 cm³/mol. The number of carbonyl (C=O) groups excluding carboxylic acids is 1. The van der Waals surface area contributed by atoms with Gasteiger partial charge in [0.25, 0.3) is 0 Å². The second-order valence-electron chi connectivity index (χ2n) is 9.74. The van der Waals surface area contributed by atoms with Crippen molar-refractivity contribution < 1.29 is 14.3 Å². The molecule has 0 atom stereocenters. The fourth-order valence-electron chi connectivity index (χ4n) is 4.69. The van der Waals surface area contributed by atoms with E-state index in [9.17, 15) is 4.79 Å². The SMILES string of the molecule is COc1ccc(C(C)(C)c2ccc(OC(=O)c3ccccc3)c(-c3ccccc3)c2)cc1-c1ccccc1. The van der Waals surface area contributed by atoms with Crippen LogP contribution in [-0.4, -0.2) is 13.1 Å². The highest BCUT2D eigenvalue weighted by Gasteiger charge is 2.26. The Balaban J connectivity index is 1.57. The molecule has 0 aliphatic heterocycles. The zero-order valence-corrected chi connectivity index (χ0v) is 21.8. The van der Waals surface area contributed by atoms with E-state index in [2.05, 4.69) is 44.2 Å². The van der Waals surface area contributed by atoms with Gasteiger partial charge in [-0.2, -0.15) is 0 Å². The van der Waals surface area contributed by atoms with Crippen LogP contribution in [0.1, 0.15) is 35.3 Å². The monoisotopic (exact) mass is 498 g/mol. The van der Waals surface area contributed by atoms with Crippen molar-refractivity contribution in [2.24, 2.45) is 0 Å². The molecule has 0 aliphatic rings. The number of methoxy groups -OCH3 is 1. The number of ether oxygens (including phenoxy) is 2. The normalized spacial score (nSPS) is 11.1. The molecule has 38 heavy (non-hydrogen) atoms. The van der Waals surface area contributed by atoms with Crippen molar-refractivity contribution in [3.05, 3.63) is 144 Å². The van der Waals surface area contributed by atoms with Crippen LogP contribution in [0.25, 0.3) is 22.3 Å². The van der Waals surface area contributed by atoms with Crippen LogP contribution in [0.5, 0.6) is 11.5 Å². The lowest BCUT2D eigenvalue weighted by Crippen LogP contribution is -2.19. The van der Waals surface area contributed by atoms with Crippen LogP contribution in [0.2, 0.25) is 0 Å².